The molecule has 174 valence electrons. The second-order valence-corrected chi connectivity index (χ2v) is 9.10. The summed E-state index contributed by atoms with van der Waals surface area (Å²) in [6.07, 6.45) is 3.20. The van der Waals surface area contributed by atoms with Crippen LogP contribution in [0.5, 0.6) is 0 Å². The Morgan fingerprint density at radius 2 is 2.09 bits per heavy atom. The zero-order chi connectivity index (χ0) is 23.8. The Labute approximate surface area is 190 Å². The average molecular weight is 453 g/mol. The quantitative estimate of drug-likeness (QED) is 0.445. The van der Waals surface area contributed by atoms with Gasteiger partial charge in [-0.05, 0) is 38.0 Å². The number of pyridine rings is 2. The molecule has 0 aromatic carbocycles. The summed E-state index contributed by atoms with van der Waals surface area (Å²) in [5.74, 6) is -1.05. The van der Waals surface area contributed by atoms with Crippen LogP contribution < -0.4 is 11.0 Å². The summed E-state index contributed by atoms with van der Waals surface area (Å²) < 4.78 is 14.2. The van der Waals surface area contributed by atoms with Crippen LogP contribution in [0.15, 0.2) is 40.2 Å². The van der Waals surface area contributed by atoms with E-state index in [1.54, 1.807) is 56.7 Å². The molecule has 1 saturated heterocycles. The van der Waals surface area contributed by atoms with E-state index in [1.165, 1.54) is 10.5 Å². The van der Waals surface area contributed by atoms with Crippen LogP contribution >= 0.6 is 0 Å². The summed E-state index contributed by atoms with van der Waals surface area (Å²) in [6.45, 7) is 8.04. The van der Waals surface area contributed by atoms with Crippen molar-refractivity contribution in [1.82, 2.24) is 14.0 Å². The standard InChI is InChI=1S/C24H28N4O5/c1-5-32-22(30)17-13-16-19(25-18-10-6-7-11-27(18)21(16)29)28(14-15-9-8-12-33-15)20(17)26-23(31)24(2,3)4/h6-7,10-11,13,15H,5,8-9,12,14H2,1-4H3/t15-/m0/s1. The van der Waals surface area contributed by atoms with Gasteiger partial charge in [-0.15, -0.1) is 0 Å². The normalized spacial score (nSPS) is 17.1. The van der Waals surface area contributed by atoms with Crippen molar-refractivity contribution in [2.75, 3.05) is 13.2 Å². The lowest BCUT2D eigenvalue weighted by molar-refractivity contribution is -0.125. The van der Waals surface area contributed by atoms with Crippen LogP contribution in [0.2, 0.25) is 0 Å². The molecule has 0 bridgehead atoms. The van der Waals surface area contributed by atoms with E-state index < -0.39 is 17.3 Å². The summed E-state index contributed by atoms with van der Waals surface area (Å²) in [6, 6.07) is 6.69. The summed E-state index contributed by atoms with van der Waals surface area (Å²) in [4.78, 5) is 48.2. The SMILES string of the molecule is CCOC(=O)c1cc2c(=O)n3ccccc3nc2n(C[C@@H]2CCCO2)c1=NC(=O)C(C)(C)C. The number of ether oxygens (including phenoxy) is 2. The van der Waals surface area contributed by atoms with Gasteiger partial charge in [0.15, 0.2) is 5.49 Å². The fourth-order valence-electron chi connectivity index (χ4n) is 3.79. The third-order valence-corrected chi connectivity index (χ3v) is 5.54. The van der Waals surface area contributed by atoms with Crippen LogP contribution in [0.3, 0.4) is 0 Å². The molecule has 0 unspecified atom stereocenters. The molecule has 1 atom stereocenters. The summed E-state index contributed by atoms with van der Waals surface area (Å²) in [7, 11) is 0. The van der Waals surface area contributed by atoms with Gasteiger partial charge in [0.1, 0.15) is 16.9 Å². The van der Waals surface area contributed by atoms with Crippen molar-refractivity contribution < 1.29 is 19.1 Å². The molecule has 4 rings (SSSR count). The van der Waals surface area contributed by atoms with Gasteiger partial charge in [0.05, 0.1) is 24.6 Å². The Bertz CT molecular complexity index is 1360. The fourth-order valence-corrected chi connectivity index (χ4v) is 3.79. The van der Waals surface area contributed by atoms with Crippen molar-refractivity contribution in [2.45, 2.75) is 53.2 Å². The predicted octanol–water partition coefficient (Wildman–Crippen LogP) is 2.48. The van der Waals surface area contributed by atoms with E-state index in [0.717, 1.165) is 12.8 Å². The third kappa shape index (κ3) is 4.45. The van der Waals surface area contributed by atoms with E-state index in [0.29, 0.717) is 24.4 Å². The van der Waals surface area contributed by atoms with E-state index in [1.807, 2.05) is 0 Å². The minimum Gasteiger partial charge on any atom is -0.462 e. The predicted molar refractivity (Wildman–Crippen MR) is 122 cm³/mol. The van der Waals surface area contributed by atoms with Crippen molar-refractivity contribution in [2.24, 2.45) is 10.4 Å². The molecular formula is C24H28N4O5. The Morgan fingerprint density at radius 1 is 1.30 bits per heavy atom. The second-order valence-electron chi connectivity index (χ2n) is 9.10. The van der Waals surface area contributed by atoms with E-state index in [9.17, 15) is 14.4 Å². The minimum atomic E-state index is -0.765. The average Bonchev–Trinajstić information content (AvgIpc) is 3.28. The van der Waals surface area contributed by atoms with Gasteiger partial charge < -0.3 is 14.0 Å². The molecule has 0 spiro atoms. The second kappa shape index (κ2) is 8.90. The first-order chi connectivity index (χ1) is 15.7. The third-order valence-electron chi connectivity index (χ3n) is 5.54. The lowest BCUT2D eigenvalue weighted by atomic mass is 9.96. The van der Waals surface area contributed by atoms with E-state index in [4.69, 9.17) is 14.5 Å². The molecule has 4 heterocycles. The zero-order valence-corrected chi connectivity index (χ0v) is 19.3. The summed E-state index contributed by atoms with van der Waals surface area (Å²) in [5, 5.41) is 0.238. The molecule has 3 aromatic heterocycles. The van der Waals surface area contributed by atoms with Gasteiger partial charge in [0, 0.05) is 18.2 Å². The molecule has 0 radical (unpaired) electrons. The van der Waals surface area contributed by atoms with Gasteiger partial charge in [0.2, 0.25) is 0 Å². The largest absolute Gasteiger partial charge is 0.462 e. The van der Waals surface area contributed by atoms with Crippen molar-refractivity contribution in [1.29, 1.82) is 0 Å². The molecular weight excluding hydrogens is 424 g/mol. The minimum absolute atomic E-state index is 0.0507. The van der Waals surface area contributed by atoms with Crippen molar-refractivity contribution >= 4 is 28.6 Å². The first-order valence-electron chi connectivity index (χ1n) is 11.1. The maximum Gasteiger partial charge on any atom is 0.341 e. The van der Waals surface area contributed by atoms with Crippen LogP contribution in [0, 0.1) is 5.41 Å². The zero-order valence-electron chi connectivity index (χ0n) is 19.3. The number of hydrogen-bond donors (Lipinski definition) is 0. The molecule has 3 aromatic rings. The highest BCUT2D eigenvalue weighted by atomic mass is 16.5. The number of esters is 1. The number of carbonyl (C=O) groups excluding carboxylic acids is 2. The van der Waals surface area contributed by atoms with Gasteiger partial charge in [-0.25, -0.2) is 9.78 Å². The van der Waals surface area contributed by atoms with Crippen molar-refractivity contribution in [3.05, 3.63) is 51.9 Å². The lowest BCUT2D eigenvalue weighted by Gasteiger charge is -2.19. The van der Waals surface area contributed by atoms with Crippen LogP contribution in [0.4, 0.5) is 0 Å². The molecule has 9 heteroatoms. The van der Waals surface area contributed by atoms with Crippen LogP contribution in [0.1, 0.15) is 50.9 Å². The first kappa shape index (κ1) is 22.8. The number of aromatic nitrogens is 3. The molecule has 1 fully saturated rings. The van der Waals surface area contributed by atoms with E-state index in [-0.39, 0.29) is 34.7 Å². The smallest absolute Gasteiger partial charge is 0.341 e. The highest BCUT2D eigenvalue weighted by molar-refractivity contribution is 5.94. The number of amides is 1. The van der Waals surface area contributed by atoms with Gasteiger partial charge in [0.25, 0.3) is 11.5 Å². The maximum atomic E-state index is 13.3. The Kier molecular flexibility index (Phi) is 6.16. The number of fused-ring (bicyclic) bond motifs is 2. The monoisotopic (exact) mass is 452 g/mol. The van der Waals surface area contributed by atoms with Gasteiger partial charge >= 0.3 is 5.97 Å². The molecule has 0 saturated carbocycles. The van der Waals surface area contributed by atoms with Crippen LogP contribution in [-0.4, -0.2) is 45.1 Å². The Balaban J connectivity index is 2.13. The number of nitrogens with zero attached hydrogens (tertiary/aromatic N) is 4. The van der Waals surface area contributed by atoms with Gasteiger partial charge in [-0.3, -0.25) is 14.0 Å². The van der Waals surface area contributed by atoms with Gasteiger partial charge in [-0.2, -0.15) is 4.99 Å². The molecule has 0 N–H and O–H groups in total. The maximum absolute atomic E-state index is 13.3. The Hall–Kier alpha value is -3.33. The van der Waals surface area contributed by atoms with Gasteiger partial charge in [-0.1, -0.05) is 26.8 Å². The summed E-state index contributed by atoms with van der Waals surface area (Å²) >= 11 is 0. The topological polar surface area (TPSA) is 104 Å². The summed E-state index contributed by atoms with van der Waals surface area (Å²) in [5.41, 5.74) is -0.114. The molecule has 1 amide bonds. The fraction of sp³-hybridized carbons (Fsp3) is 0.458. The number of rotatable bonds is 4. The molecule has 1 aliphatic heterocycles. The van der Waals surface area contributed by atoms with Crippen molar-refractivity contribution in [3.63, 3.8) is 0 Å². The lowest BCUT2D eigenvalue weighted by Crippen LogP contribution is -2.36. The molecule has 33 heavy (non-hydrogen) atoms. The van der Waals surface area contributed by atoms with Crippen LogP contribution in [0.25, 0.3) is 16.7 Å². The first-order valence-corrected chi connectivity index (χ1v) is 11.1. The highest BCUT2D eigenvalue weighted by Gasteiger charge is 2.26. The number of carbonyl (C=O) groups is 2. The van der Waals surface area contributed by atoms with E-state index in [2.05, 4.69) is 4.99 Å². The van der Waals surface area contributed by atoms with Crippen LogP contribution in [-0.2, 0) is 20.8 Å². The molecule has 9 nitrogen and oxygen atoms in total. The highest BCUT2D eigenvalue weighted by Crippen LogP contribution is 2.19. The number of hydrogen-bond acceptors (Lipinski definition) is 6. The van der Waals surface area contributed by atoms with Crippen molar-refractivity contribution in [3.8, 4) is 0 Å². The Morgan fingerprint density at radius 3 is 2.76 bits per heavy atom. The van der Waals surface area contributed by atoms with E-state index >= 15 is 0 Å². The molecule has 0 aliphatic carbocycles. The molecule has 1 aliphatic rings.